The summed E-state index contributed by atoms with van der Waals surface area (Å²) in [6.07, 6.45) is 11.9. The molecule has 0 spiro atoms. The zero-order chi connectivity index (χ0) is 24.9. The van der Waals surface area contributed by atoms with E-state index in [1.54, 1.807) is 0 Å². The van der Waals surface area contributed by atoms with E-state index in [4.69, 9.17) is 27.9 Å². The Morgan fingerprint density at radius 2 is 1.44 bits per heavy atom. The summed E-state index contributed by atoms with van der Waals surface area (Å²) in [7, 11) is 0. The Bertz CT molecular complexity index is 964. The summed E-state index contributed by atoms with van der Waals surface area (Å²) in [6, 6.07) is 6.82. The van der Waals surface area contributed by atoms with E-state index in [-0.39, 0.29) is 21.3 Å². The van der Waals surface area contributed by atoms with Gasteiger partial charge in [-0.25, -0.2) is 4.79 Å². The SMILES string of the molecule is CCCCCCCCCCCCOC(=O)c1ccc(Cl)c(NC(=O)c2c(O)ccc(Cl)c2O)c1. The van der Waals surface area contributed by atoms with E-state index in [0.717, 1.165) is 19.3 Å². The fraction of sp³-hybridized carbons (Fsp3) is 0.462. The van der Waals surface area contributed by atoms with Crippen LogP contribution in [0, 0.1) is 0 Å². The lowest BCUT2D eigenvalue weighted by atomic mass is 10.1. The van der Waals surface area contributed by atoms with Crippen molar-refractivity contribution < 1.29 is 24.5 Å². The maximum atomic E-state index is 12.6. The van der Waals surface area contributed by atoms with Gasteiger partial charge < -0.3 is 20.3 Å². The van der Waals surface area contributed by atoms with Crippen molar-refractivity contribution in [3.8, 4) is 11.5 Å². The van der Waals surface area contributed by atoms with Crippen LogP contribution in [0.2, 0.25) is 10.0 Å². The number of phenols is 2. The van der Waals surface area contributed by atoms with Gasteiger partial charge in [-0.15, -0.1) is 0 Å². The number of benzene rings is 2. The lowest BCUT2D eigenvalue weighted by Crippen LogP contribution is -2.14. The summed E-state index contributed by atoms with van der Waals surface area (Å²) in [4.78, 5) is 25.0. The van der Waals surface area contributed by atoms with Gasteiger partial charge in [-0.3, -0.25) is 4.79 Å². The summed E-state index contributed by atoms with van der Waals surface area (Å²) < 4.78 is 5.35. The number of unbranched alkanes of at least 4 members (excludes halogenated alkanes) is 9. The van der Waals surface area contributed by atoms with Crippen LogP contribution in [0.15, 0.2) is 30.3 Å². The number of phenolic OH excluding ortho intramolecular Hbond substituents is 2. The maximum absolute atomic E-state index is 12.6. The van der Waals surface area contributed by atoms with Crippen molar-refractivity contribution in [1.29, 1.82) is 0 Å². The molecule has 0 aliphatic carbocycles. The molecule has 0 atom stereocenters. The monoisotopic (exact) mass is 509 g/mol. The van der Waals surface area contributed by atoms with Crippen molar-refractivity contribution in [2.75, 3.05) is 11.9 Å². The molecule has 0 saturated carbocycles. The molecule has 2 aromatic carbocycles. The summed E-state index contributed by atoms with van der Waals surface area (Å²) in [5, 5.41) is 22.5. The highest BCUT2D eigenvalue weighted by Gasteiger charge is 2.20. The number of halogens is 2. The number of carbonyl (C=O) groups excluding carboxylic acids is 2. The van der Waals surface area contributed by atoms with Gasteiger partial charge in [-0.2, -0.15) is 0 Å². The van der Waals surface area contributed by atoms with E-state index in [1.165, 1.54) is 75.3 Å². The molecule has 0 fully saturated rings. The highest BCUT2D eigenvalue weighted by Crippen LogP contribution is 2.35. The number of nitrogens with one attached hydrogen (secondary N) is 1. The van der Waals surface area contributed by atoms with Gasteiger partial charge in [-0.05, 0) is 36.8 Å². The third-order valence-electron chi connectivity index (χ3n) is 5.52. The molecule has 0 aromatic heterocycles. The first-order valence-corrected chi connectivity index (χ1v) is 12.6. The van der Waals surface area contributed by atoms with Crippen molar-refractivity contribution in [1.82, 2.24) is 0 Å². The number of amides is 1. The van der Waals surface area contributed by atoms with Crippen LogP contribution >= 0.6 is 23.2 Å². The highest BCUT2D eigenvalue weighted by molar-refractivity contribution is 6.34. The Kier molecular flexibility index (Phi) is 12.1. The van der Waals surface area contributed by atoms with E-state index >= 15 is 0 Å². The minimum absolute atomic E-state index is 0.0849. The number of carbonyl (C=O) groups is 2. The highest BCUT2D eigenvalue weighted by atomic mass is 35.5. The molecule has 0 radical (unpaired) electrons. The van der Waals surface area contributed by atoms with Crippen LogP contribution in [0.25, 0.3) is 0 Å². The second-order valence-corrected chi connectivity index (χ2v) is 9.07. The molecule has 3 N–H and O–H groups in total. The Hall–Kier alpha value is -2.44. The van der Waals surface area contributed by atoms with E-state index in [1.807, 2.05) is 0 Å². The van der Waals surface area contributed by atoms with Gasteiger partial charge in [0.2, 0.25) is 0 Å². The average Bonchev–Trinajstić information content (AvgIpc) is 2.81. The lowest BCUT2D eigenvalue weighted by Gasteiger charge is -2.12. The largest absolute Gasteiger partial charge is 0.507 e. The molecular weight excluding hydrogens is 477 g/mol. The van der Waals surface area contributed by atoms with Crippen molar-refractivity contribution >= 4 is 40.8 Å². The molecule has 0 heterocycles. The number of esters is 1. The third-order valence-corrected chi connectivity index (χ3v) is 6.15. The molecule has 6 nitrogen and oxygen atoms in total. The Morgan fingerprint density at radius 1 is 0.853 bits per heavy atom. The van der Waals surface area contributed by atoms with Crippen LogP contribution < -0.4 is 5.32 Å². The number of anilines is 1. The second-order valence-electron chi connectivity index (χ2n) is 8.26. The Balaban J connectivity index is 1.80. The van der Waals surface area contributed by atoms with Crippen molar-refractivity contribution in [2.24, 2.45) is 0 Å². The van der Waals surface area contributed by atoms with Gasteiger partial charge in [0.1, 0.15) is 11.3 Å². The van der Waals surface area contributed by atoms with Crippen LogP contribution in [-0.2, 0) is 4.74 Å². The van der Waals surface area contributed by atoms with Gasteiger partial charge >= 0.3 is 5.97 Å². The van der Waals surface area contributed by atoms with Gasteiger partial charge in [-0.1, -0.05) is 87.9 Å². The van der Waals surface area contributed by atoms with Crippen molar-refractivity contribution in [3.63, 3.8) is 0 Å². The first-order valence-electron chi connectivity index (χ1n) is 11.8. The minimum atomic E-state index is -0.824. The van der Waals surface area contributed by atoms with E-state index in [2.05, 4.69) is 12.2 Å². The molecule has 34 heavy (non-hydrogen) atoms. The van der Waals surface area contributed by atoms with Crippen LogP contribution in [-0.4, -0.2) is 28.7 Å². The number of aromatic hydroxyl groups is 2. The summed E-state index contributed by atoms with van der Waals surface area (Å²) in [5.74, 6) is -2.34. The van der Waals surface area contributed by atoms with Crippen LogP contribution in [0.5, 0.6) is 11.5 Å². The second kappa shape index (κ2) is 14.7. The van der Waals surface area contributed by atoms with Crippen LogP contribution in [0.3, 0.4) is 0 Å². The van der Waals surface area contributed by atoms with Crippen LogP contribution in [0.1, 0.15) is 91.8 Å². The predicted octanol–water partition coefficient (Wildman–Crippen LogP) is 7.73. The van der Waals surface area contributed by atoms with E-state index in [0.29, 0.717) is 6.61 Å². The zero-order valence-corrected chi connectivity index (χ0v) is 21.1. The van der Waals surface area contributed by atoms with E-state index < -0.39 is 28.9 Å². The number of hydrogen-bond donors (Lipinski definition) is 3. The minimum Gasteiger partial charge on any atom is -0.507 e. The summed E-state index contributed by atoms with van der Waals surface area (Å²) in [6.45, 7) is 2.54. The Labute approximate surface area is 211 Å². The lowest BCUT2D eigenvalue weighted by molar-refractivity contribution is 0.0497. The van der Waals surface area contributed by atoms with Gasteiger partial charge in [0.15, 0.2) is 5.75 Å². The topological polar surface area (TPSA) is 95.9 Å². The molecule has 186 valence electrons. The molecular formula is C26H33Cl2NO5. The molecule has 2 rings (SSSR count). The van der Waals surface area contributed by atoms with Crippen LogP contribution in [0.4, 0.5) is 5.69 Å². The van der Waals surface area contributed by atoms with Crippen molar-refractivity contribution in [3.05, 3.63) is 51.5 Å². The summed E-state index contributed by atoms with van der Waals surface area (Å²) in [5.41, 5.74) is -0.0253. The predicted molar refractivity (Wildman–Crippen MR) is 136 cm³/mol. The molecule has 0 aliphatic rings. The Morgan fingerprint density at radius 3 is 2.09 bits per heavy atom. The standard InChI is InChI=1S/C26H33Cl2NO5/c1-2-3-4-5-6-7-8-9-10-11-16-34-26(33)18-12-13-19(27)21(17-18)29-25(32)23-22(30)15-14-20(28)24(23)31/h12-15,17,30-31H,2-11,16H2,1H3,(H,29,32). The smallest absolute Gasteiger partial charge is 0.338 e. The molecule has 2 aromatic rings. The van der Waals surface area contributed by atoms with Gasteiger partial charge in [0, 0.05) is 0 Å². The number of rotatable bonds is 14. The number of hydrogen-bond acceptors (Lipinski definition) is 5. The fourth-order valence-corrected chi connectivity index (χ4v) is 3.87. The average molecular weight is 510 g/mol. The maximum Gasteiger partial charge on any atom is 0.338 e. The first-order chi connectivity index (χ1) is 16.3. The normalized spacial score (nSPS) is 10.8. The number of ether oxygens (including phenoxy) is 1. The fourth-order valence-electron chi connectivity index (χ4n) is 3.55. The van der Waals surface area contributed by atoms with Gasteiger partial charge in [0.05, 0.1) is 27.9 Å². The van der Waals surface area contributed by atoms with Gasteiger partial charge in [0.25, 0.3) is 5.91 Å². The van der Waals surface area contributed by atoms with Crippen molar-refractivity contribution in [2.45, 2.75) is 71.1 Å². The van der Waals surface area contributed by atoms with E-state index in [9.17, 15) is 19.8 Å². The summed E-state index contributed by atoms with van der Waals surface area (Å²) >= 11 is 12.0. The third kappa shape index (κ3) is 8.73. The molecule has 0 unspecified atom stereocenters. The zero-order valence-electron chi connectivity index (χ0n) is 19.5. The quantitative estimate of drug-likeness (QED) is 0.179. The molecule has 8 heteroatoms. The molecule has 0 saturated heterocycles. The molecule has 0 bridgehead atoms. The first kappa shape index (κ1) is 27.8. The molecule has 1 amide bonds. The molecule has 0 aliphatic heterocycles.